The zero-order chi connectivity index (χ0) is 20.7. The minimum absolute atomic E-state index is 0.0149. The van der Waals surface area contributed by atoms with Crippen molar-refractivity contribution in [3.8, 4) is 5.75 Å². The maximum atomic E-state index is 11.1. The number of anilines is 1. The lowest BCUT2D eigenvalue weighted by molar-refractivity contribution is -0.142. The molecule has 0 fully saturated rings. The summed E-state index contributed by atoms with van der Waals surface area (Å²) >= 11 is 0. The molecule has 0 radical (unpaired) electrons. The molecule has 1 aromatic carbocycles. The molecule has 1 aromatic heterocycles. The number of carbonyl (C=O) groups is 1. The van der Waals surface area contributed by atoms with Crippen LogP contribution in [0.2, 0.25) is 0 Å². The number of rotatable bonds is 9. The molecule has 0 aliphatic carbocycles. The average Bonchev–Trinajstić information content (AvgIpc) is 2.65. The van der Waals surface area contributed by atoms with Gasteiger partial charge in [0.2, 0.25) is 0 Å². The Morgan fingerprint density at radius 2 is 1.93 bits per heavy atom. The van der Waals surface area contributed by atoms with E-state index in [1.54, 1.807) is 13.3 Å². The second kappa shape index (κ2) is 9.60. The van der Waals surface area contributed by atoms with Gasteiger partial charge in [-0.3, -0.25) is 4.79 Å². The highest BCUT2D eigenvalue weighted by Crippen LogP contribution is 2.25. The first-order valence-corrected chi connectivity index (χ1v) is 8.88. The molecule has 148 valence electrons. The topological polar surface area (TPSA) is 69.7 Å². The minimum Gasteiger partial charge on any atom is -0.497 e. The molecule has 0 amide bonds. The van der Waals surface area contributed by atoms with E-state index in [2.05, 4.69) is 23.5 Å². The Morgan fingerprint density at radius 1 is 1.18 bits per heavy atom. The van der Waals surface area contributed by atoms with Crippen molar-refractivity contribution in [2.24, 2.45) is 0 Å². The standard InChI is InChI=1S/C22H26N2O4/c1-14(2)28-21-10-18(13-27-17(5)25)9-20(11-21)15(3)24-22-8-7-19(12-23-22)16(4)26-6/h7-12,14H,3-4,13H2,1-2,5-6H3,(H,23,24). The molecular formula is C22H26N2O4. The minimum atomic E-state index is -0.337. The monoisotopic (exact) mass is 382 g/mol. The van der Waals surface area contributed by atoms with Crippen LogP contribution in [-0.4, -0.2) is 24.2 Å². The number of carbonyl (C=O) groups excluding carboxylic acids is 1. The van der Waals surface area contributed by atoms with Gasteiger partial charge in [0.15, 0.2) is 0 Å². The molecule has 6 nitrogen and oxygen atoms in total. The van der Waals surface area contributed by atoms with Gasteiger partial charge in [0.1, 0.15) is 23.9 Å². The second-order valence-electron chi connectivity index (χ2n) is 6.48. The van der Waals surface area contributed by atoms with Crippen LogP contribution in [0.4, 0.5) is 5.82 Å². The highest BCUT2D eigenvalue weighted by molar-refractivity contribution is 5.75. The van der Waals surface area contributed by atoms with Gasteiger partial charge in [0, 0.05) is 29.9 Å². The summed E-state index contributed by atoms with van der Waals surface area (Å²) in [5.41, 5.74) is 3.07. The van der Waals surface area contributed by atoms with Gasteiger partial charge in [-0.1, -0.05) is 13.2 Å². The van der Waals surface area contributed by atoms with Gasteiger partial charge in [-0.05, 0) is 49.7 Å². The fraction of sp³-hybridized carbons (Fsp3) is 0.273. The Balaban J connectivity index is 2.21. The van der Waals surface area contributed by atoms with Crippen LogP contribution < -0.4 is 10.1 Å². The van der Waals surface area contributed by atoms with Gasteiger partial charge in [0.05, 0.1) is 13.2 Å². The predicted octanol–water partition coefficient (Wildman–Crippen LogP) is 4.63. The number of pyridine rings is 1. The van der Waals surface area contributed by atoms with Crippen LogP contribution in [0.3, 0.4) is 0 Å². The number of nitrogens with zero attached hydrogens (tertiary/aromatic N) is 1. The molecule has 0 atom stereocenters. The maximum absolute atomic E-state index is 11.1. The van der Waals surface area contributed by atoms with E-state index < -0.39 is 0 Å². The molecule has 28 heavy (non-hydrogen) atoms. The molecule has 0 spiro atoms. The summed E-state index contributed by atoms with van der Waals surface area (Å²) in [5.74, 6) is 1.52. The van der Waals surface area contributed by atoms with Gasteiger partial charge >= 0.3 is 5.97 Å². The predicted molar refractivity (Wildman–Crippen MR) is 111 cm³/mol. The number of hydrogen-bond donors (Lipinski definition) is 1. The van der Waals surface area contributed by atoms with Crippen LogP contribution in [0.5, 0.6) is 5.75 Å². The van der Waals surface area contributed by atoms with Crippen LogP contribution in [-0.2, 0) is 20.9 Å². The molecule has 1 heterocycles. The van der Waals surface area contributed by atoms with E-state index in [9.17, 15) is 4.79 Å². The Labute approximate surface area is 165 Å². The van der Waals surface area contributed by atoms with Gasteiger partial charge in [0.25, 0.3) is 0 Å². The van der Waals surface area contributed by atoms with E-state index in [4.69, 9.17) is 14.2 Å². The van der Waals surface area contributed by atoms with Gasteiger partial charge in [-0.25, -0.2) is 4.98 Å². The fourth-order valence-corrected chi connectivity index (χ4v) is 2.42. The van der Waals surface area contributed by atoms with Crippen molar-refractivity contribution in [3.63, 3.8) is 0 Å². The van der Waals surface area contributed by atoms with Crippen LogP contribution in [0, 0.1) is 0 Å². The van der Waals surface area contributed by atoms with Gasteiger partial charge in [-0.2, -0.15) is 0 Å². The summed E-state index contributed by atoms with van der Waals surface area (Å²) in [4.78, 5) is 15.5. The molecule has 0 saturated heterocycles. The van der Waals surface area contributed by atoms with E-state index in [0.29, 0.717) is 23.0 Å². The summed E-state index contributed by atoms with van der Waals surface area (Å²) in [6.07, 6.45) is 1.69. The smallest absolute Gasteiger partial charge is 0.302 e. The largest absolute Gasteiger partial charge is 0.497 e. The number of aromatic nitrogens is 1. The third-order valence-corrected chi connectivity index (χ3v) is 3.74. The van der Waals surface area contributed by atoms with Crippen LogP contribution in [0.15, 0.2) is 49.7 Å². The van der Waals surface area contributed by atoms with Crippen LogP contribution in [0.1, 0.15) is 37.5 Å². The van der Waals surface area contributed by atoms with E-state index >= 15 is 0 Å². The molecule has 6 heteroatoms. The van der Waals surface area contributed by atoms with Crippen molar-refractivity contribution >= 4 is 23.2 Å². The molecular weight excluding hydrogens is 356 g/mol. The number of esters is 1. The molecule has 0 unspecified atom stereocenters. The molecule has 1 N–H and O–H groups in total. The van der Waals surface area contributed by atoms with Crippen LogP contribution in [0.25, 0.3) is 11.5 Å². The first kappa shape index (κ1) is 21.0. The summed E-state index contributed by atoms with van der Waals surface area (Å²) in [6.45, 7) is 13.3. The van der Waals surface area contributed by atoms with Crippen molar-refractivity contribution in [1.82, 2.24) is 4.98 Å². The fourth-order valence-electron chi connectivity index (χ4n) is 2.42. The zero-order valence-electron chi connectivity index (χ0n) is 16.7. The SMILES string of the molecule is C=C(Nc1ccc(C(=C)OC)cn1)c1cc(COC(C)=O)cc(OC(C)C)c1. The van der Waals surface area contributed by atoms with Crippen molar-refractivity contribution in [2.45, 2.75) is 33.5 Å². The maximum Gasteiger partial charge on any atom is 0.302 e. The summed E-state index contributed by atoms with van der Waals surface area (Å²) in [5, 5.41) is 3.18. The van der Waals surface area contributed by atoms with E-state index in [1.807, 2.05) is 44.2 Å². The Kier molecular flexibility index (Phi) is 7.21. The first-order chi connectivity index (χ1) is 13.3. The molecule has 0 bridgehead atoms. The lowest BCUT2D eigenvalue weighted by Gasteiger charge is -2.16. The van der Waals surface area contributed by atoms with Gasteiger partial charge < -0.3 is 19.5 Å². The number of hydrogen-bond acceptors (Lipinski definition) is 6. The van der Waals surface area contributed by atoms with E-state index in [0.717, 1.165) is 16.7 Å². The molecule has 0 saturated carbocycles. The Bertz CT molecular complexity index is 857. The molecule has 2 rings (SSSR count). The molecule has 0 aliphatic heterocycles. The number of methoxy groups -OCH3 is 1. The summed E-state index contributed by atoms with van der Waals surface area (Å²) in [7, 11) is 1.57. The number of nitrogens with one attached hydrogen (secondary N) is 1. The Morgan fingerprint density at radius 3 is 2.50 bits per heavy atom. The highest BCUT2D eigenvalue weighted by Gasteiger charge is 2.09. The van der Waals surface area contributed by atoms with Gasteiger partial charge in [-0.15, -0.1) is 0 Å². The number of ether oxygens (including phenoxy) is 3. The number of benzene rings is 1. The quantitative estimate of drug-likeness (QED) is 0.504. The van der Waals surface area contributed by atoms with E-state index in [1.165, 1.54) is 6.92 Å². The lowest BCUT2D eigenvalue weighted by atomic mass is 10.1. The Hall–Kier alpha value is -3.28. The van der Waals surface area contributed by atoms with Crippen molar-refractivity contribution in [3.05, 3.63) is 66.4 Å². The second-order valence-corrected chi connectivity index (χ2v) is 6.48. The average molecular weight is 382 g/mol. The molecule has 2 aromatic rings. The van der Waals surface area contributed by atoms with Crippen molar-refractivity contribution < 1.29 is 19.0 Å². The third kappa shape index (κ3) is 6.16. The normalized spacial score (nSPS) is 10.3. The third-order valence-electron chi connectivity index (χ3n) is 3.74. The van der Waals surface area contributed by atoms with Crippen LogP contribution >= 0.6 is 0 Å². The molecule has 0 aliphatic rings. The lowest BCUT2D eigenvalue weighted by Crippen LogP contribution is -2.08. The van der Waals surface area contributed by atoms with Crippen molar-refractivity contribution in [2.75, 3.05) is 12.4 Å². The zero-order valence-corrected chi connectivity index (χ0v) is 16.7. The van der Waals surface area contributed by atoms with Crippen molar-refractivity contribution in [1.29, 1.82) is 0 Å². The van der Waals surface area contributed by atoms with E-state index in [-0.39, 0.29) is 18.7 Å². The summed E-state index contributed by atoms with van der Waals surface area (Å²) in [6, 6.07) is 9.31. The summed E-state index contributed by atoms with van der Waals surface area (Å²) < 4.78 is 16.0. The first-order valence-electron chi connectivity index (χ1n) is 8.88. The highest BCUT2D eigenvalue weighted by atomic mass is 16.5.